The van der Waals surface area contributed by atoms with Crippen LogP contribution < -0.4 is 10.6 Å². The zero-order chi connectivity index (χ0) is 18.2. The van der Waals surface area contributed by atoms with Crippen molar-refractivity contribution in [1.82, 2.24) is 10.2 Å². The molecule has 0 bridgehead atoms. The van der Waals surface area contributed by atoms with Gasteiger partial charge >= 0.3 is 6.18 Å². The predicted octanol–water partition coefficient (Wildman–Crippen LogP) is 2.49. The minimum Gasteiger partial charge on any atom is -0.355 e. The van der Waals surface area contributed by atoms with Gasteiger partial charge in [0.15, 0.2) is 0 Å². The largest absolute Gasteiger partial charge is 0.418 e. The standard InChI is InChI=1S/C16H22F3N3O2/c1-3-4-9-20-14(23)10-22(2)11-15(24)21-13-8-6-5-7-12(13)16(17,18)19/h5-8H,3-4,9-11H2,1-2H3,(H,20,23)(H,21,24). The Kier molecular flexibility index (Phi) is 7.70. The second-order valence-electron chi connectivity index (χ2n) is 5.47. The van der Waals surface area contributed by atoms with Crippen LogP contribution in [-0.2, 0) is 15.8 Å². The zero-order valence-corrected chi connectivity index (χ0v) is 13.7. The van der Waals surface area contributed by atoms with E-state index < -0.39 is 17.6 Å². The van der Waals surface area contributed by atoms with Gasteiger partial charge in [0.1, 0.15) is 0 Å². The molecule has 0 saturated heterocycles. The fourth-order valence-electron chi connectivity index (χ4n) is 2.04. The Morgan fingerprint density at radius 1 is 1.12 bits per heavy atom. The van der Waals surface area contributed by atoms with Crippen LogP contribution in [0.5, 0.6) is 0 Å². The summed E-state index contributed by atoms with van der Waals surface area (Å²) in [6.07, 6.45) is -2.73. The van der Waals surface area contributed by atoms with E-state index in [0.29, 0.717) is 6.54 Å². The van der Waals surface area contributed by atoms with E-state index in [1.165, 1.54) is 23.1 Å². The van der Waals surface area contributed by atoms with E-state index in [9.17, 15) is 22.8 Å². The minimum absolute atomic E-state index is 0.00193. The average Bonchev–Trinajstić information content (AvgIpc) is 2.46. The van der Waals surface area contributed by atoms with Gasteiger partial charge in [-0.3, -0.25) is 14.5 Å². The number of halogens is 3. The number of hydrogen-bond donors (Lipinski definition) is 2. The van der Waals surface area contributed by atoms with Gasteiger partial charge in [-0.1, -0.05) is 25.5 Å². The van der Waals surface area contributed by atoms with E-state index in [1.807, 2.05) is 6.92 Å². The van der Waals surface area contributed by atoms with Crippen LogP contribution in [0, 0.1) is 0 Å². The molecule has 2 N–H and O–H groups in total. The monoisotopic (exact) mass is 345 g/mol. The molecule has 0 aliphatic rings. The molecule has 1 aromatic carbocycles. The number of carbonyl (C=O) groups excluding carboxylic acids is 2. The third kappa shape index (κ3) is 6.99. The summed E-state index contributed by atoms with van der Waals surface area (Å²) in [7, 11) is 1.55. The molecule has 0 spiro atoms. The van der Waals surface area contributed by atoms with Crippen molar-refractivity contribution in [3.8, 4) is 0 Å². The lowest BCUT2D eigenvalue weighted by molar-refractivity contribution is -0.137. The second kappa shape index (κ2) is 9.27. The highest BCUT2D eigenvalue weighted by Gasteiger charge is 2.33. The van der Waals surface area contributed by atoms with E-state index in [1.54, 1.807) is 7.05 Å². The maximum Gasteiger partial charge on any atom is 0.418 e. The van der Waals surface area contributed by atoms with E-state index in [2.05, 4.69) is 10.6 Å². The van der Waals surface area contributed by atoms with Gasteiger partial charge in [-0.2, -0.15) is 13.2 Å². The van der Waals surface area contributed by atoms with Crippen molar-refractivity contribution in [1.29, 1.82) is 0 Å². The molecule has 134 valence electrons. The molecule has 0 aromatic heterocycles. The van der Waals surface area contributed by atoms with Crippen LogP contribution in [0.15, 0.2) is 24.3 Å². The third-order valence-electron chi connectivity index (χ3n) is 3.19. The number of amides is 2. The Morgan fingerprint density at radius 2 is 1.75 bits per heavy atom. The lowest BCUT2D eigenvalue weighted by atomic mass is 10.1. The molecule has 0 heterocycles. The van der Waals surface area contributed by atoms with Gasteiger partial charge in [-0.15, -0.1) is 0 Å². The summed E-state index contributed by atoms with van der Waals surface area (Å²) in [4.78, 5) is 24.9. The summed E-state index contributed by atoms with van der Waals surface area (Å²) >= 11 is 0. The van der Waals surface area contributed by atoms with E-state index >= 15 is 0 Å². The van der Waals surface area contributed by atoms with E-state index in [4.69, 9.17) is 0 Å². The van der Waals surface area contributed by atoms with Gasteiger partial charge in [0, 0.05) is 6.54 Å². The number of nitrogens with zero attached hydrogens (tertiary/aromatic N) is 1. The maximum absolute atomic E-state index is 12.9. The van der Waals surface area contributed by atoms with Crippen LogP contribution in [0.25, 0.3) is 0 Å². The Labute approximate surface area is 139 Å². The molecular weight excluding hydrogens is 323 g/mol. The number of unbranched alkanes of at least 4 members (excludes halogenated alkanes) is 1. The van der Waals surface area contributed by atoms with Crippen molar-refractivity contribution in [2.24, 2.45) is 0 Å². The van der Waals surface area contributed by atoms with Crippen molar-refractivity contribution >= 4 is 17.5 Å². The Balaban J connectivity index is 2.53. The van der Waals surface area contributed by atoms with E-state index in [-0.39, 0.29) is 24.7 Å². The van der Waals surface area contributed by atoms with Crippen molar-refractivity contribution < 1.29 is 22.8 Å². The van der Waals surface area contributed by atoms with Gasteiger partial charge in [-0.25, -0.2) is 0 Å². The number of benzene rings is 1. The minimum atomic E-state index is -4.55. The SMILES string of the molecule is CCCCNC(=O)CN(C)CC(=O)Nc1ccccc1C(F)(F)F. The topological polar surface area (TPSA) is 61.4 Å². The Morgan fingerprint density at radius 3 is 2.38 bits per heavy atom. The molecule has 1 aromatic rings. The van der Waals surface area contributed by atoms with Gasteiger partial charge < -0.3 is 10.6 Å². The highest BCUT2D eigenvalue weighted by atomic mass is 19.4. The molecule has 0 saturated carbocycles. The summed E-state index contributed by atoms with van der Waals surface area (Å²) in [5.74, 6) is -0.843. The highest BCUT2D eigenvalue weighted by molar-refractivity contribution is 5.93. The molecule has 24 heavy (non-hydrogen) atoms. The molecule has 0 aliphatic heterocycles. The first-order valence-corrected chi connectivity index (χ1v) is 7.65. The number of nitrogens with one attached hydrogen (secondary N) is 2. The lowest BCUT2D eigenvalue weighted by Gasteiger charge is -2.17. The summed E-state index contributed by atoms with van der Waals surface area (Å²) in [5.41, 5.74) is -1.20. The highest BCUT2D eigenvalue weighted by Crippen LogP contribution is 2.34. The molecule has 0 aliphatic carbocycles. The number of likely N-dealkylation sites (N-methyl/N-ethyl adjacent to an activating group) is 1. The normalized spacial score (nSPS) is 11.4. The Bertz CT molecular complexity index is 562. The smallest absolute Gasteiger partial charge is 0.355 e. The summed E-state index contributed by atoms with van der Waals surface area (Å²) in [6.45, 7) is 2.38. The lowest BCUT2D eigenvalue weighted by Crippen LogP contribution is -2.39. The summed E-state index contributed by atoms with van der Waals surface area (Å²) in [6, 6.07) is 4.76. The molecule has 0 fully saturated rings. The maximum atomic E-state index is 12.9. The molecule has 2 amide bonds. The number of carbonyl (C=O) groups is 2. The van der Waals surface area contributed by atoms with Crippen molar-refractivity contribution in [2.75, 3.05) is 32.0 Å². The number of rotatable bonds is 8. The van der Waals surface area contributed by atoms with Gasteiger partial charge in [-0.05, 0) is 25.6 Å². The van der Waals surface area contributed by atoms with Gasteiger partial charge in [0.25, 0.3) is 0 Å². The predicted molar refractivity (Wildman–Crippen MR) is 85.5 cm³/mol. The molecule has 0 radical (unpaired) electrons. The third-order valence-corrected chi connectivity index (χ3v) is 3.19. The van der Waals surface area contributed by atoms with Crippen LogP contribution in [0.4, 0.5) is 18.9 Å². The molecule has 5 nitrogen and oxygen atoms in total. The van der Waals surface area contributed by atoms with Crippen LogP contribution in [0.2, 0.25) is 0 Å². The van der Waals surface area contributed by atoms with Crippen LogP contribution >= 0.6 is 0 Å². The van der Waals surface area contributed by atoms with Crippen molar-refractivity contribution in [2.45, 2.75) is 25.9 Å². The number of para-hydroxylation sites is 1. The van der Waals surface area contributed by atoms with Crippen molar-refractivity contribution in [3.05, 3.63) is 29.8 Å². The summed E-state index contributed by atoms with van der Waals surface area (Å²) < 4.78 is 38.6. The molecule has 8 heteroatoms. The van der Waals surface area contributed by atoms with Gasteiger partial charge in [0.05, 0.1) is 24.3 Å². The van der Waals surface area contributed by atoms with Crippen LogP contribution in [0.3, 0.4) is 0 Å². The quantitative estimate of drug-likeness (QED) is 0.712. The first kappa shape index (κ1) is 20.0. The number of anilines is 1. The summed E-state index contributed by atoms with van der Waals surface area (Å²) in [5, 5.41) is 4.95. The average molecular weight is 345 g/mol. The van der Waals surface area contributed by atoms with Gasteiger partial charge in [0.2, 0.25) is 11.8 Å². The molecule has 1 rings (SSSR count). The fourth-order valence-corrected chi connectivity index (χ4v) is 2.04. The molecule has 0 atom stereocenters. The zero-order valence-electron chi connectivity index (χ0n) is 13.7. The number of alkyl halides is 3. The van der Waals surface area contributed by atoms with Crippen LogP contribution in [-0.4, -0.2) is 43.4 Å². The molecular formula is C16H22F3N3O2. The van der Waals surface area contributed by atoms with Crippen molar-refractivity contribution in [3.63, 3.8) is 0 Å². The fraction of sp³-hybridized carbons (Fsp3) is 0.500. The van der Waals surface area contributed by atoms with Crippen LogP contribution in [0.1, 0.15) is 25.3 Å². The molecule has 0 unspecified atom stereocenters. The van der Waals surface area contributed by atoms with E-state index in [0.717, 1.165) is 18.9 Å². The number of hydrogen-bond acceptors (Lipinski definition) is 3. The second-order valence-corrected chi connectivity index (χ2v) is 5.47. The first-order chi connectivity index (χ1) is 11.2. The Hall–Kier alpha value is -2.09. The first-order valence-electron chi connectivity index (χ1n) is 7.65.